The zero-order chi connectivity index (χ0) is 21.6. The lowest BCUT2D eigenvalue weighted by atomic mass is 9.83. The highest BCUT2D eigenvalue weighted by molar-refractivity contribution is 5.52. The van der Waals surface area contributed by atoms with Gasteiger partial charge in [-0.1, -0.05) is 91.8 Å². The summed E-state index contributed by atoms with van der Waals surface area (Å²) in [6.45, 7) is 18.6. The van der Waals surface area contributed by atoms with Crippen molar-refractivity contribution in [2.45, 2.75) is 81.1 Å². The number of hydrogen-bond acceptors (Lipinski definition) is 0. The molecule has 0 spiro atoms. The summed E-state index contributed by atoms with van der Waals surface area (Å²) in [6.07, 6.45) is 7.12. The monoisotopic (exact) mass is 391 g/mol. The van der Waals surface area contributed by atoms with Gasteiger partial charge in [0.05, 0.1) is 0 Å². The van der Waals surface area contributed by atoms with E-state index >= 15 is 0 Å². The summed E-state index contributed by atoms with van der Waals surface area (Å²) in [7, 11) is 0. The second-order valence-electron chi connectivity index (χ2n) is 10.5. The smallest absolute Gasteiger partial charge is 0.0210 e. The van der Waals surface area contributed by atoms with Gasteiger partial charge in [-0.25, -0.2) is 0 Å². The molecule has 0 aliphatic heterocycles. The van der Waals surface area contributed by atoms with Crippen LogP contribution in [0.15, 0.2) is 36.4 Å². The van der Waals surface area contributed by atoms with E-state index in [1.807, 2.05) is 0 Å². The van der Waals surface area contributed by atoms with Crippen LogP contribution in [0.2, 0.25) is 0 Å². The summed E-state index contributed by atoms with van der Waals surface area (Å²) in [4.78, 5) is 0. The molecule has 0 saturated carbocycles. The Balaban J connectivity index is 2.58. The van der Waals surface area contributed by atoms with Crippen LogP contribution in [0.5, 0.6) is 0 Å². The minimum Gasteiger partial charge on any atom is -0.0625 e. The molecule has 0 N–H and O–H groups in total. The summed E-state index contributed by atoms with van der Waals surface area (Å²) in [5.74, 6) is 2.66. The normalized spacial score (nSPS) is 12.0. The first kappa shape index (κ1) is 23.7. The Morgan fingerprint density at radius 2 is 0.724 bits per heavy atom. The third-order valence-corrected chi connectivity index (χ3v) is 5.37. The minimum absolute atomic E-state index is 0.664. The SMILES string of the molecule is CC(C)Cc1cccc(CC(C)C)c1[CH]c1c(CC(C)C)cccc1CC(C)C. The molecule has 0 heterocycles. The van der Waals surface area contributed by atoms with Crippen molar-refractivity contribution in [1.29, 1.82) is 0 Å². The maximum absolute atomic E-state index is 2.55. The fourth-order valence-corrected chi connectivity index (χ4v) is 4.32. The Labute approximate surface area is 181 Å². The molecule has 0 nitrogen and oxygen atoms in total. The maximum Gasteiger partial charge on any atom is 0.0210 e. The molecule has 159 valence electrons. The van der Waals surface area contributed by atoms with Gasteiger partial charge in [-0.2, -0.15) is 0 Å². The van der Waals surface area contributed by atoms with Crippen molar-refractivity contribution in [1.82, 2.24) is 0 Å². The lowest BCUT2D eigenvalue weighted by molar-refractivity contribution is 0.628. The van der Waals surface area contributed by atoms with Crippen LogP contribution in [0.1, 0.15) is 88.8 Å². The van der Waals surface area contributed by atoms with Crippen LogP contribution >= 0.6 is 0 Å². The number of rotatable bonds is 10. The fourth-order valence-electron chi connectivity index (χ4n) is 4.32. The van der Waals surface area contributed by atoms with E-state index in [0.717, 1.165) is 25.7 Å². The molecule has 0 saturated heterocycles. The van der Waals surface area contributed by atoms with E-state index in [4.69, 9.17) is 0 Å². The molecule has 0 unspecified atom stereocenters. The molecule has 29 heavy (non-hydrogen) atoms. The van der Waals surface area contributed by atoms with Crippen molar-refractivity contribution in [2.24, 2.45) is 23.7 Å². The molecular formula is C29H43. The predicted molar refractivity (Wildman–Crippen MR) is 130 cm³/mol. The van der Waals surface area contributed by atoms with Crippen LogP contribution in [-0.4, -0.2) is 0 Å². The van der Waals surface area contributed by atoms with E-state index in [1.54, 1.807) is 0 Å². The highest BCUT2D eigenvalue weighted by atomic mass is 14.2. The standard InChI is InChI=1S/C29H43/c1-20(2)15-24-11-9-12-25(16-21(3)4)28(24)19-29-26(17-22(5)6)13-10-14-27(29)18-23(7)8/h9-14,19-23H,15-18H2,1-8H3. The molecule has 0 atom stereocenters. The molecule has 0 amide bonds. The zero-order valence-corrected chi connectivity index (χ0v) is 20.2. The topological polar surface area (TPSA) is 0 Å². The second-order valence-corrected chi connectivity index (χ2v) is 10.5. The first-order valence-electron chi connectivity index (χ1n) is 11.7. The molecule has 1 radical (unpaired) electrons. The van der Waals surface area contributed by atoms with Gasteiger partial charge in [0, 0.05) is 6.42 Å². The average Bonchev–Trinajstić information content (AvgIpc) is 2.58. The van der Waals surface area contributed by atoms with Crippen LogP contribution < -0.4 is 0 Å². The zero-order valence-electron chi connectivity index (χ0n) is 20.2. The molecule has 0 aliphatic carbocycles. The molecule has 0 heteroatoms. The molecule has 0 bridgehead atoms. The molecule has 0 fully saturated rings. The van der Waals surface area contributed by atoms with Crippen molar-refractivity contribution < 1.29 is 0 Å². The third-order valence-electron chi connectivity index (χ3n) is 5.37. The Morgan fingerprint density at radius 1 is 0.483 bits per heavy atom. The quantitative estimate of drug-likeness (QED) is 0.384. The third kappa shape index (κ3) is 7.32. The average molecular weight is 392 g/mol. The summed E-state index contributed by atoms with van der Waals surface area (Å²) in [5.41, 5.74) is 8.99. The van der Waals surface area contributed by atoms with Gasteiger partial charge in [-0.3, -0.25) is 0 Å². The lowest BCUT2D eigenvalue weighted by Gasteiger charge is -2.22. The summed E-state index contributed by atoms with van der Waals surface area (Å²) in [6, 6.07) is 13.9. The Kier molecular flexibility index (Phi) is 9.00. The molecule has 2 rings (SSSR count). The predicted octanol–water partition coefficient (Wildman–Crippen LogP) is 8.08. The molecule has 0 aromatic heterocycles. The van der Waals surface area contributed by atoms with Crippen molar-refractivity contribution in [3.05, 3.63) is 76.2 Å². The van der Waals surface area contributed by atoms with Crippen LogP contribution in [0.3, 0.4) is 0 Å². The second kappa shape index (κ2) is 11.0. The Hall–Kier alpha value is -1.56. The van der Waals surface area contributed by atoms with Gasteiger partial charge in [0.25, 0.3) is 0 Å². The number of hydrogen-bond donors (Lipinski definition) is 0. The van der Waals surface area contributed by atoms with Gasteiger partial charge in [0.1, 0.15) is 0 Å². The van der Waals surface area contributed by atoms with Crippen molar-refractivity contribution in [3.63, 3.8) is 0 Å². The van der Waals surface area contributed by atoms with E-state index in [1.165, 1.54) is 33.4 Å². The first-order chi connectivity index (χ1) is 13.7. The lowest BCUT2D eigenvalue weighted by Crippen LogP contribution is -2.10. The summed E-state index contributed by atoms with van der Waals surface area (Å²) < 4.78 is 0. The minimum atomic E-state index is 0.664. The van der Waals surface area contributed by atoms with Crippen molar-refractivity contribution in [2.75, 3.05) is 0 Å². The highest BCUT2D eigenvalue weighted by Gasteiger charge is 2.17. The van der Waals surface area contributed by atoms with E-state index in [-0.39, 0.29) is 0 Å². The van der Waals surface area contributed by atoms with E-state index in [9.17, 15) is 0 Å². The van der Waals surface area contributed by atoms with Gasteiger partial charge in [-0.05, 0) is 82.7 Å². The molecule has 2 aromatic carbocycles. The summed E-state index contributed by atoms with van der Waals surface area (Å²) in [5, 5.41) is 0. The van der Waals surface area contributed by atoms with E-state index < -0.39 is 0 Å². The van der Waals surface area contributed by atoms with Crippen molar-refractivity contribution >= 4 is 0 Å². The number of benzene rings is 2. The van der Waals surface area contributed by atoms with Crippen LogP contribution in [0, 0.1) is 30.1 Å². The molecule has 0 aliphatic rings. The van der Waals surface area contributed by atoms with E-state index in [2.05, 4.69) is 98.2 Å². The highest BCUT2D eigenvalue weighted by Crippen LogP contribution is 2.30. The van der Waals surface area contributed by atoms with Crippen molar-refractivity contribution in [3.8, 4) is 0 Å². The Morgan fingerprint density at radius 3 is 0.931 bits per heavy atom. The Bertz CT molecular complexity index is 640. The van der Waals surface area contributed by atoms with Crippen LogP contribution in [-0.2, 0) is 25.7 Å². The maximum atomic E-state index is 2.55. The van der Waals surface area contributed by atoms with Gasteiger partial charge in [0.15, 0.2) is 0 Å². The van der Waals surface area contributed by atoms with Crippen LogP contribution in [0.4, 0.5) is 0 Å². The molecule has 2 aromatic rings. The fraction of sp³-hybridized carbons (Fsp3) is 0.552. The van der Waals surface area contributed by atoms with Gasteiger partial charge >= 0.3 is 0 Å². The largest absolute Gasteiger partial charge is 0.0625 e. The van der Waals surface area contributed by atoms with Crippen LogP contribution in [0.25, 0.3) is 0 Å². The van der Waals surface area contributed by atoms with Gasteiger partial charge < -0.3 is 0 Å². The van der Waals surface area contributed by atoms with Gasteiger partial charge in [-0.15, -0.1) is 0 Å². The summed E-state index contributed by atoms with van der Waals surface area (Å²) >= 11 is 0. The molecular weight excluding hydrogens is 348 g/mol. The van der Waals surface area contributed by atoms with E-state index in [0.29, 0.717) is 23.7 Å². The first-order valence-corrected chi connectivity index (χ1v) is 11.7. The van der Waals surface area contributed by atoms with Gasteiger partial charge in [0.2, 0.25) is 0 Å².